The summed E-state index contributed by atoms with van der Waals surface area (Å²) in [5.41, 5.74) is 2.02. The number of unbranched alkanes of at least 4 members (excludes halogenated alkanes) is 2. The third-order valence-corrected chi connectivity index (χ3v) is 2.35. The van der Waals surface area contributed by atoms with Crippen molar-refractivity contribution in [2.75, 3.05) is 0 Å². The minimum atomic E-state index is 0.280. The van der Waals surface area contributed by atoms with E-state index in [2.05, 4.69) is 6.92 Å². The second-order valence-electron chi connectivity index (χ2n) is 3.75. The molecule has 0 N–H and O–H groups in total. The van der Waals surface area contributed by atoms with Crippen molar-refractivity contribution < 1.29 is 4.79 Å². The van der Waals surface area contributed by atoms with Crippen LogP contribution in [-0.2, 0) is 0 Å². The van der Waals surface area contributed by atoms with E-state index >= 15 is 0 Å². The Bertz CT molecular complexity index is 302. The summed E-state index contributed by atoms with van der Waals surface area (Å²) in [4.78, 5) is 11.7. The van der Waals surface area contributed by atoms with E-state index in [0.717, 1.165) is 24.0 Å². The van der Waals surface area contributed by atoms with Gasteiger partial charge in [-0.1, -0.05) is 43.5 Å². The number of hydrogen-bond donors (Lipinski definition) is 0. The zero-order valence-corrected chi connectivity index (χ0v) is 9.05. The van der Waals surface area contributed by atoms with E-state index in [4.69, 9.17) is 0 Å². The SMILES string of the molecule is CCCCCC(=O)c1cccc(C)c1. The van der Waals surface area contributed by atoms with Crippen molar-refractivity contribution in [3.8, 4) is 0 Å². The molecule has 1 nitrogen and oxygen atoms in total. The molecule has 0 radical (unpaired) electrons. The highest BCUT2D eigenvalue weighted by molar-refractivity contribution is 5.96. The molecule has 0 aliphatic carbocycles. The van der Waals surface area contributed by atoms with E-state index in [1.54, 1.807) is 0 Å². The van der Waals surface area contributed by atoms with E-state index in [0.29, 0.717) is 6.42 Å². The van der Waals surface area contributed by atoms with Crippen LogP contribution < -0.4 is 0 Å². The minimum absolute atomic E-state index is 0.280. The second kappa shape index (κ2) is 5.58. The van der Waals surface area contributed by atoms with E-state index in [1.807, 2.05) is 31.2 Å². The Labute approximate surface area is 86.1 Å². The zero-order valence-electron chi connectivity index (χ0n) is 9.05. The van der Waals surface area contributed by atoms with Crippen molar-refractivity contribution in [3.05, 3.63) is 35.4 Å². The number of benzene rings is 1. The molecule has 0 fully saturated rings. The minimum Gasteiger partial charge on any atom is -0.294 e. The Morgan fingerprint density at radius 1 is 1.29 bits per heavy atom. The average molecular weight is 190 g/mol. The van der Waals surface area contributed by atoms with Gasteiger partial charge >= 0.3 is 0 Å². The van der Waals surface area contributed by atoms with Gasteiger partial charge in [-0.15, -0.1) is 0 Å². The highest BCUT2D eigenvalue weighted by Crippen LogP contribution is 2.09. The number of Topliss-reactive ketones (excluding diaryl/α,β-unsaturated/α-hetero) is 1. The number of ketones is 1. The number of carbonyl (C=O) groups excluding carboxylic acids is 1. The van der Waals surface area contributed by atoms with Crippen LogP contribution in [-0.4, -0.2) is 5.78 Å². The molecule has 0 unspecified atom stereocenters. The lowest BCUT2D eigenvalue weighted by molar-refractivity contribution is 0.0979. The largest absolute Gasteiger partial charge is 0.294 e. The number of hydrogen-bond acceptors (Lipinski definition) is 1. The fourth-order valence-corrected chi connectivity index (χ4v) is 1.50. The first-order valence-corrected chi connectivity index (χ1v) is 5.34. The Kier molecular flexibility index (Phi) is 4.37. The summed E-state index contributed by atoms with van der Waals surface area (Å²) >= 11 is 0. The molecule has 0 bridgehead atoms. The molecule has 0 heterocycles. The molecule has 0 atom stereocenters. The molecular formula is C13H18O. The van der Waals surface area contributed by atoms with Gasteiger partial charge in [0.05, 0.1) is 0 Å². The van der Waals surface area contributed by atoms with Crippen LogP contribution in [0.15, 0.2) is 24.3 Å². The van der Waals surface area contributed by atoms with Crippen LogP contribution in [0.1, 0.15) is 48.5 Å². The Hall–Kier alpha value is -1.11. The summed E-state index contributed by atoms with van der Waals surface area (Å²) in [5.74, 6) is 0.280. The smallest absolute Gasteiger partial charge is 0.162 e. The van der Waals surface area contributed by atoms with E-state index < -0.39 is 0 Å². The van der Waals surface area contributed by atoms with Gasteiger partial charge in [-0.25, -0.2) is 0 Å². The first-order valence-electron chi connectivity index (χ1n) is 5.34. The lowest BCUT2D eigenvalue weighted by atomic mass is 10.0. The molecule has 1 aromatic carbocycles. The summed E-state index contributed by atoms with van der Waals surface area (Å²) < 4.78 is 0. The molecule has 0 aliphatic heterocycles. The fraction of sp³-hybridized carbons (Fsp3) is 0.462. The van der Waals surface area contributed by atoms with Crippen LogP contribution in [0.4, 0.5) is 0 Å². The predicted octanol–water partition coefficient (Wildman–Crippen LogP) is 3.76. The number of carbonyl (C=O) groups is 1. The van der Waals surface area contributed by atoms with Gasteiger partial charge in [0.1, 0.15) is 0 Å². The molecule has 0 saturated heterocycles. The van der Waals surface area contributed by atoms with Crippen LogP contribution in [0.25, 0.3) is 0 Å². The van der Waals surface area contributed by atoms with Gasteiger partial charge in [-0.2, -0.15) is 0 Å². The molecule has 0 aromatic heterocycles. The van der Waals surface area contributed by atoms with E-state index in [1.165, 1.54) is 6.42 Å². The third-order valence-electron chi connectivity index (χ3n) is 2.35. The molecule has 14 heavy (non-hydrogen) atoms. The third kappa shape index (κ3) is 3.33. The summed E-state index contributed by atoms with van der Waals surface area (Å²) in [5, 5.41) is 0. The Morgan fingerprint density at radius 3 is 2.71 bits per heavy atom. The van der Waals surface area contributed by atoms with Crippen molar-refractivity contribution in [1.82, 2.24) is 0 Å². The lowest BCUT2D eigenvalue weighted by Gasteiger charge is -2.01. The maximum Gasteiger partial charge on any atom is 0.162 e. The Morgan fingerprint density at radius 2 is 2.07 bits per heavy atom. The summed E-state index contributed by atoms with van der Waals surface area (Å²) in [6.07, 6.45) is 4.03. The fourth-order valence-electron chi connectivity index (χ4n) is 1.50. The summed E-state index contributed by atoms with van der Waals surface area (Å²) in [6, 6.07) is 7.83. The van der Waals surface area contributed by atoms with Crippen molar-refractivity contribution in [2.45, 2.75) is 39.5 Å². The Balaban J connectivity index is 2.52. The summed E-state index contributed by atoms with van der Waals surface area (Å²) in [6.45, 7) is 4.17. The van der Waals surface area contributed by atoms with Crippen LogP contribution in [0, 0.1) is 6.92 Å². The zero-order chi connectivity index (χ0) is 10.4. The molecule has 1 rings (SSSR count). The lowest BCUT2D eigenvalue weighted by Crippen LogP contribution is -1.98. The standard InChI is InChI=1S/C13H18O/c1-3-4-5-9-13(14)12-8-6-7-11(2)10-12/h6-8,10H,3-5,9H2,1-2H3. The summed E-state index contributed by atoms with van der Waals surface area (Å²) in [7, 11) is 0. The predicted molar refractivity (Wildman–Crippen MR) is 59.7 cm³/mol. The van der Waals surface area contributed by atoms with Gasteiger partial charge in [0, 0.05) is 12.0 Å². The molecule has 0 aliphatic rings. The van der Waals surface area contributed by atoms with Crippen molar-refractivity contribution >= 4 is 5.78 Å². The van der Waals surface area contributed by atoms with E-state index in [-0.39, 0.29) is 5.78 Å². The topological polar surface area (TPSA) is 17.1 Å². The van der Waals surface area contributed by atoms with Crippen LogP contribution >= 0.6 is 0 Å². The first-order chi connectivity index (χ1) is 6.74. The maximum absolute atomic E-state index is 11.7. The van der Waals surface area contributed by atoms with Gasteiger partial charge in [0.2, 0.25) is 0 Å². The maximum atomic E-state index is 11.7. The molecule has 0 spiro atoms. The highest BCUT2D eigenvalue weighted by Gasteiger charge is 2.04. The van der Waals surface area contributed by atoms with Crippen LogP contribution in [0.2, 0.25) is 0 Å². The second-order valence-corrected chi connectivity index (χ2v) is 3.75. The molecular weight excluding hydrogens is 172 g/mol. The normalized spacial score (nSPS) is 10.1. The van der Waals surface area contributed by atoms with E-state index in [9.17, 15) is 4.79 Å². The molecule has 1 aromatic rings. The van der Waals surface area contributed by atoms with Crippen molar-refractivity contribution in [3.63, 3.8) is 0 Å². The monoisotopic (exact) mass is 190 g/mol. The molecule has 1 heteroatoms. The van der Waals surface area contributed by atoms with Gasteiger partial charge in [0.25, 0.3) is 0 Å². The van der Waals surface area contributed by atoms with Crippen LogP contribution in [0.3, 0.4) is 0 Å². The van der Waals surface area contributed by atoms with Crippen molar-refractivity contribution in [1.29, 1.82) is 0 Å². The number of aryl methyl sites for hydroxylation is 1. The van der Waals surface area contributed by atoms with Crippen LogP contribution in [0.5, 0.6) is 0 Å². The molecule has 76 valence electrons. The van der Waals surface area contributed by atoms with Gasteiger partial charge < -0.3 is 0 Å². The number of rotatable bonds is 5. The highest BCUT2D eigenvalue weighted by atomic mass is 16.1. The van der Waals surface area contributed by atoms with Crippen molar-refractivity contribution in [2.24, 2.45) is 0 Å². The molecule has 0 saturated carbocycles. The van der Waals surface area contributed by atoms with Gasteiger partial charge in [0.15, 0.2) is 5.78 Å². The quantitative estimate of drug-likeness (QED) is 0.510. The molecule has 0 amide bonds. The first kappa shape index (κ1) is 11.0. The van der Waals surface area contributed by atoms with Gasteiger partial charge in [-0.3, -0.25) is 4.79 Å². The average Bonchev–Trinajstić information content (AvgIpc) is 2.18. The van der Waals surface area contributed by atoms with Gasteiger partial charge in [-0.05, 0) is 19.4 Å².